The zero-order valence-electron chi connectivity index (χ0n) is 39.3. The van der Waals surface area contributed by atoms with E-state index in [1.54, 1.807) is 0 Å². The fourth-order valence-electron chi connectivity index (χ4n) is 8.03. The molecule has 0 radical (unpaired) electrons. The third-order valence-electron chi connectivity index (χ3n) is 10.9. The van der Waals surface area contributed by atoms with Crippen LogP contribution in [0.15, 0.2) is 0 Å². The first-order valence-electron chi connectivity index (χ1n) is 23.5. The van der Waals surface area contributed by atoms with E-state index in [1.807, 2.05) is 0 Å². The van der Waals surface area contributed by atoms with E-state index in [9.17, 15) is 33.6 Å². The number of carbonyl (C=O) groups excluding carboxylic acids is 7. The molecule has 1 rings (SSSR count). The molecule has 0 aromatic heterocycles. The predicted molar refractivity (Wildman–Crippen MR) is 233 cm³/mol. The summed E-state index contributed by atoms with van der Waals surface area (Å²) < 4.78 is 40.2. The highest BCUT2D eigenvalue weighted by molar-refractivity contribution is 5.76. The van der Waals surface area contributed by atoms with E-state index in [-0.39, 0.29) is 25.2 Å². The molecule has 15 heteroatoms. The van der Waals surface area contributed by atoms with E-state index >= 15 is 0 Å². The van der Waals surface area contributed by atoms with Crippen LogP contribution in [0.4, 0.5) is 0 Å². The Hall–Kier alpha value is -3.75. The van der Waals surface area contributed by atoms with Crippen LogP contribution in [-0.4, -0.2) is 97.1 Å². The van der Waals surface area contributed by atoms with Gasteiger partial charge in [0, 0.05) is 48.0 Å². The highest BCUT2D eigenvalue weighted by atomic mass is 16.7. The van der Waals surface area contributed by atoms with E-state index in [2.05, 4.69) is 19.2 Å². The van der Waals surface area contributed by atoms with Crippen LogP contribution in [0.5, 0.6) is 0 Å². The molecular weight excluding hydrogens is 803 g/mol. The molecule has 62 heavy (non-hydrogen) atoms. The highest BCUT2D eigenvalue weighted by Gasteiger charge is 2.52. The van der Waals surface area contributed by atoms with Crippen LogP contribution in [0.25, 0.3) is 0 Å². The molecule has 1 heterocycles. The summed E-state index contributed by atoms with van der Waals surface area (Å²) >= 11 is 0. The van der Waals surface area contributed by atoms with Gasteiger partial charge in [-0.25, -0.2) is 0 Å². The minimum Gasteiger partial charge on any atom is -0.463 e. The lowest BCUT2D eigenvalue weighted by molar-refractivity contribution is -0.253. The fourth-order valence-corrected chi connectivity index (χ4v) is 8.03. The van der Waals surface area contributed by atoms with Crippen LogP contribution in [-0.2, 0) is 66.7 Å². The summed E-state index contributed by atoms with van der Waals surface area (Å²) in [4.78, 5) is 88.1. The van der Waals surface area contributed by atoms with Crippen molar-refractivity contribution in [1.82, 2.24) is 5.32 Å². The Labute approximate surface area is 371 Å². The van der Waals surface area contributed by atoms with Gasteiger partial charge in [0.2, 0.25) is 5.91 Å². The highest BCUT2D eigenvalue weighted by Crippen LogP contribution is 2.33. The molecule has 0 saturated carbocycles. The number of ether oxygens (including phenoxy) is 7. The minimum absolute atomic E-state index is 0.00457. The van der Waals surface area contributed by atoms with Crippen molar-refractivity contribution in [3.05, 3.63) is 0 Å². The second kappa shape index (κ2) is 33.8. The summed E-state index contributed by atoms with van der Waals surface area (Å²) in [5, 5.41) is 3.06. The smallest absolute Gasteiger partial charge is 0.303 e. The van der Waals surface area contributed by atoms with Gasteiger partial charge >= 0.3 is 35.8 Å². The number of hydrogen-bond acceptors (Lipinski definition) is 14. The normalized spacial score (nSPS) is 19.9. The van der Waals surface area contributed by atoms with Crippen molar-refractivity contribution >= 4 is 41.7 Å². The van der Waals surface area contributed by atoms with Crippen molar-refractivity contribution < 1.29 is 66.7 Å². The van der Waals surface area contributed by atoms with Gasteiger partial charge in [0.25, 0.3) is 0 Å². The molecular formula is C47H81NO14. The van der Waals surface area contributed by atoms with Crippen molar-refractivity contribution in [2.45, 2.75) is 252 Å². The number of esters is 6. The van der Waals surface area contributed by atoms with E-state index in [1.165, 1.54) is 72.1 Å². The third-order valence-corrected chi connectivity index (χ3v) is 10.9. The molecule has 4 unspecified atom stereocenters. The Morgan fingerprint density at radius 3 is 1.37 bits per heavy atom. The Balaban J connectivity index is 3.44. The van der Waals surface area contributed by atoms with E-state index in [0.717, 1.165) is 78.6 Å². The molecule has 0 aliphatic carbocycles. The van der Waals surface area contributed by atoms with Crippen LogP contribution in [0.2, 0.25) is 0 Å². The largest absolute Gasteiger partial charge is 0.463 e. The molecule has 0 spiro atoms. The molecule has 0 bridgehead atoms. The summed E-state index contributed by atoms with van der Waals surface area (Å²) in [5.41, 5.74) is 0. The van der Waals surface area contributed by atoms with Gasteiger partial charge in [-0.2, -0.15) is 0 Å². The van der Waals surface area contributed by atoms with Gasteiger partial charge in [0.1, 0.15) is 18.8 Å². The first-order valence-corrected chi connectivity index (χ1v) is 23.5. The number of nitrogens with one attached hydrogen (secondary N) is 1. The Morgan fingerprint density at radius 2 is 0.919 bits per heavy atom. The number of unbranched alkanes of at least 4 members (excludes halogenated alkanes) is 17. The van der Waals surface area contributed by atoms with Crippen molar-refractivity contribution in [2.24, 2.45) is 0 Å². The van der Waals surface area contributed by atoms with Gasteiger partial charge in [-0.1, -0.05) is 123 Å². The van der Waals surface area contributed by atoms with Crippen LogP contribution in [0.1, 0.15) is 203 Å². The zero-order chi connectivity index (χ0) is 46.3. The van der Waals surface area contributed by atoms with E-state index in [0.29, 0.717) is 19.3 Å². The van der Waals surface area contributed by atoms with Crippen LogP contribution in [0, 0.1) is 0 Å². The average Bonchev–Trinajstić information content (AvgIpc) is 3.18. The molecule has 1 N–H and O–H groups in total. The van der Waals surface area contributed by atoms with Gasteiger partial charge in [-0.3, -0.25) is 33.6 Å². The monoisotopic (exact) mass is 884 g/mol. The van der Waals surface area contributed by atoms with Gasteiger partial charge in [0.05, 0.1) is 12.1 Å². The maximum atomic E-state index is 13.7. The standard InChI is InChI=1S/C47H81NO14/c1-9-11-13-15-17-18-19-20-21-23-24-26-28-40(57-34(4)50)44(58-35(5)51)39(48-43(55)29-27-25-22-16-14-12-10-2)30-31-41-45(59-36(6)52)47(61-38(8)54)46(60-37(7)53)42(62-41)32-56-33(3)49/h39-42,44-47H,9-32H2,1-8H3,(H,48,55)/t39?,40?,41?,42-,44?,45+,46+,47-/m1/s1. The summed E-state index contributed by atoms with van der Waals surface area (Å²) in [6, 6.07) is -0.913. The Morgan fingerprint density at radius 1 is 0.484 bits per heavy atom. The lowest BCUT2D eigenvalue weighted by atomic mass is 9.89. The maximum absolute atomic E-state index is 13.7. The second-order valence-electron chi connectivity index (χ2n) is 16.8. The number of amides is 1. The van der Waals surface area contributed by atoms with Gasteiger partial charge < -0.3 is 38.5 Å². The molecule has 1 saturated heterocycles. The molecule has 0 aromatic carbocycles. The minimum atomic E-state index is -1.37. The van der Waals surface area contributed by atoms with Crippen LogP contribution < -0.4 is 5.32 Å². The first-order chi connectivity index (χ1) is 29.6. The molecule has 1 amide bonds. The molecule has 1 fully saturated rings. The van der Waals surface area contributed by atoms with Crippen LogP contribution >= 0.6 is 0 Å². The molecule has 1 aliphatic heterocycles. The summed E-state index contributed by atoms with van der Waals surface area (Å²) in [7, 11) is 0. The van der Waals surface area contributed by atoms with E-state index in [4.69, 9.17) is 33.2 Å². The van der Waals surface area contributed by atoms with Crippen LogP contribution in [0.3, 0.4) is 0 Å². The number of hydrogen-bond donors (Lipinski definition) is 1. The third kappa shape index (κ3) is 26.0. The van der Waals surface area contributed by atoms with Crippen molar-refractivity contribution in [2.75, 3.05) is 6.61 Å². The van der Waals surface area contributed by atoms with E-state index < -0.39 is 91.2 Å². The Kier molecular flexibility index (Phi) is 30.6. The van der Waals surface area contributed by atoms with Crippen molar-refractivity contribution in [3.63, 3.8) is 0 Å². The summed E-state index contributed by atoms with van der Waals surface area (Å²) in [6.07, 6.45) is 13.1. The predicted octanol–water partition coefficient (Wildman–Crippen LogP) is 8.47. The molecule has 0 aromatic rings. The topological polar surface area (TPSA) is 196 Å². The van der Waals surface area contributed by atoms with Gasteiger partial charge in [-0.15, -0.1) is 0 Å². The SMILES string of the molecule is CCCCCCCCCCCCCCC(OC(C)=O)C(OC(C)=O)C(CCC1O[C@H](COC(C)=O)[C@H](OC(C)=O)[C@H](OC(C)=O)[C@H]1OC(C)=O)NC(=O)CCCCCCCCC. The number of rotatable bonds is 34. The maximum Gasteiger partial charge on any atom is 0.303 e. The number of carbonyl (C=O) groups is 7. The molecule has 1 aliphatic rings. The van der Waals surface area contributed by atoms with Gasteiger partial charge in [-0.05, 0) is 32.1 Å². The second-order valence-corrected chi connectivity index (χ2v) is 16.8. The average molecular weight is 884 g/mol. The molecule has 8 atom stereocenters. The lowest BCUT2D eigenvalue weighted by Crippen LogP contribution is -2.62. The first kappa shape index (κ1) is 56.3. The summed E-state index contributed by atoms with van der Waals surface area (Å²) in [5.74, 6) is -4.38. The summed E-state index contributed by atoms with van der Waals surface area (Å²) in [6.45, 7) is 11.2. The lowest BCUT2D eigenvalue weighted by Gasteiger charge is -2.45. The van der Waals surface area contributed by atoms with Gasteiger partial charge in [0.15, 0.2) is 24.4 Å². The van der Waals surface area contributed by atoms with Crippen molar-refractivity contribution in [1.29, 1.82) is 0 Å². The molecule has 15 nitrogen and oxygen atoms in total. The fraction of sp³-hybridized carbons (Fsp3) is 0.851. The zero-order valence-corrected chi connectivity index (χ0v) is 39.3. The Bertz CT molecular complexity index is 1320. The quantitative estimate of drug-likeness (QED) is 0.0367. The van der Waals surface area contributed by atoms with Crippen molar-refractivity contribution in [3.8, 4) is 0 Å². The molecule has 358 valence electrons.